The topological polar surface area (TPSA) is 20.2 Å². The smallest absolute Gasteiger partial charge is 0.0577 e. The van der Waals surface area contributed by atoms with Gasteiger partial charge in [-0.05, 0) is 31.1 Å². The van der Waals surface area contributed by atoms with Crippen molar-refractivity contribution in [2.24, 2.45) is 11.8 Å². The second-order valence-electron chi connectivity index (χ2n) is 4.50. The fourth-order valence-corrected chi connectivity index (χ4v) is 2.45. The molecule has 0 bridgehead atoms. The minimum absolute atomic E-state index is 0.149. The van der Waals surface area contributed by atoms with Crippen molar-refractivity contribution in [3.8, 4) is 12.3 Å². The molecular formula is C13H22O. The molecule has 1 rings (SSSR count). The van der Waals surface area contributed by atoms with E-state index in [1.165, 1.54) is 32.1 Å². The van der Waals surface area contributed by atoms with Crippen molar-refractivity contribution in [3.05, 3.63) is 0 Å². The Morgan fingerprint density at radius 1 is 1.36 bits per heavy atom. The lowest BCUT2D eigenvalue weighted by Gasteiger charge is -2.30. The van der Waals surface area contributed by atoms with E-state index in [9.17, 15) is 5.11 Å². The van der Waals surface area contributed by atoms with Gasteiger partial charge >= 0.3 is 0 Å². The van der Waals surface area contributed by atoms with E-state index in [4.69, 9.17) is 6.42 Å². The zero-order chi connectivity index (χ0) is 10.4. The molecule has 14 heavy (non-hydrogen) atoms. The van der Waals surface area contributed by atoms with Crippen LogP contribution in [0, 0.1) is 24.2 Å². The Balaban J connectivity index is 2.23. The van der Waals surface area contributed by atoms with Gasteiger partial charge in [0.2, 0.25) is 0 Å². The summed E-state index contributed by atoms with van der Waals surface area (Å²) >= 11 is 0. The van der Waals surface area contributed by atoms with Crippen LogP contribution in [0.5, 0.6) is 0 Å². The molecule has 1 aliphatic carbocycles. The fourth-order valence-electron chi connectivity index (χ4n) is 2.45. The summed E-state index contributed by atoms with van der Waals surface area (Å²) < 4.78 is 0. The van der Waals surface area contributed by atoms with Gasteiger partial charge in [0.05, 0.1) is 6.10 Å². The van der Waals surface area contributed by atoms with Crippen LogP contribution in [-0.2, 0) is 0 Å². The van der Waals surface area contributed by atoms with E-state index >= 15 is 0 Å². The summed E-state index contributed by atoms with van der Waals surface area (Å²) in [5, 5.41) is 9.87. The van der Waals surface area contributed by atoms with Gasteiger partial charge in [0.25, 0.3) is 0 Å². The first kappa shape index (κ1) is 11.6. The maximum atomic E-state index is 9.87. The quantitative estimate of drug-likeness (QED) is 0.682. The summed E-state index contributed by atoms with van der Waals surface area (Å²) in [5.41, 5.74) is 0. The van der Waals surface area contributed by atoms with E-state index in [-0.39, 0.29) is 6.10 Å². The molecule has 80 valence electrons. The zero-order valence-electron chi connectivity index (χ0n) is 9.21. The van der Waals surface area contributed by atoms with Crippen LogP contribution in [0.1, 0.15) is 51.9 Å². The Hall–Kier alpha value is -0.480. The Morgan fingerprint density at radius 2 is 2.00 bits per heavy atom. The van der Waals surface area contributed by atoms with Crippen LogP contribution in [0.2, 0.25) is 0 Å². The highest BCUT2D eigenvalue weighted by Crippen LogP contribution is 2.33. The molecule has 0 amide bonds. The van der Waals surface area contributed by atoms with Crippen molar-refractivity contribution < 1.29 is 5.11 Å². The number of terminal acetylenes is 1. The number of hydrogen-bond acceptors (Lipinski definition) is 1. The van der Waals surface area contributed by atoms with Gasteiger partial charge in [-0.3, -0.25) is 0 Å². The van der Waals surface area contributed by atoms with Gasteiger partial charge in [-0.1, -0.05) is 26.2 Å². The minimum Gasteiger partial charge on any atom is -0.393 e. The standard InChI is InChI=1S/C13H22O/c1-3-5-6-13(14)12-9-7-11(4-2)8-10-12/h1,11-14H,4-10H2,2H3. The van der Waals surface area contributed by atoms with Crippen molar-refractivity contribution in [2.45, 2.75) is 58.0 Å². The first-order valence-corrected chi connectivity index (χ1v) is 5.89. The Kier molecular flexibility index (Phi) is 5.04. The molecule has 0 saturated heterocycles. The number of rotatable bonds is 4. The molecular weight excluding hydrogens is 172 g/mol. The maximum Gasteiger partial charge on any atom is 0.0577 e. The molecule has 1 heteroatoms. The number of aliphatic hydroxyl groups excluding tert-OH is 1. The summed E-state index contributed by atoms with van der Waals surface area (Å²) in [4.78, 5) is 0. The number of hydrogen-bond donors (Lipinski definition) is 1. The molecule has 0 spiro atoms. The lowest BCUT2D eigenvalue weighted by Crippen LogP contribution is -2.25. The SMILES string of the molecule is C#CCCC(O)C1CCC(CC)CC1. The largest absolute Gasteiger partial charge is 0.393 e. The second kappa shape index (κ2) is 6.09. The lowest BCUT2D eigenvalue weighted by atomic mass is 9.77. The lowest BCUT2D eigenvalue weighted by molar-refractivity contribution is 0.0676. The van der Waals surface area contributed by atoms with Crippen LogP contribution in [0.15, 0.2) is 0 Å². The summed E-state index contributed by atoms with van der Waals surface area (Å²) in [6.07, 6.45) is 12.8. The fraction of sp³-hybridized carbons (Fsp3) is 0.846. The molecule has 1 fully saturated rings. The summed E-state index contributed by atoms with van der Waals surface area (Å²) in [6, 6.07) is 0. The third kappa shape index (κ3) is 3.35. The Morgan fingerprint density at radius 3 is 2.50 bits per heavy atom. The molecule has 1 nitrogen and oxygen atoms in total. The zero-order valence-corrected chi connectivity index (χ0v) is 9.21. The van der Waals surface area contributed by atoms with Gasteiger partial charge < -0.3 is 5.11 Å². The summed E-state index contributed by atoms with van der Waals surface area (Å²) in [5.74, 6) is 4.03. The van der Waals surface area contributed by atoms with Crippen molar-refractivity contribution in [1.29, 1.82) is 0 Å². The van der Waals surface area contributed by atoms with Crippen molar-refractivity contribution >= 4 is 0 Å². The van der Waals surface area contributed by atoms with Crippen LogP contribution in [0.25, 0.3) is 0 Å². The molecule has 0 aromatic rings. The van der Waals surface area contributed by atoms with Crippen LogP contribution < -0.4 is 0 Å². The van der Waals surface area contributed by atoms with Gasteiger partial charge in [-0.2, -0.15) is 0 Å². The summed E-state index contributed by atoms with van der Waals surface area (Å²) in [6.45, 7) is 2.26. The van der Waals surface area contributed by atoms with Crippen molar-refractivity contribution in [3.63, 3.8) is 0 Å². The van der Waals surface area contributed by atoms with Crippen molar-refractivity contribution in [2.75, 3.05) is 0 Å². The molecule has 0 heterocycles. The molecule has 0 aromatic carbocycles. The Bertz CT molecular complexity index is 184. The van der Waals surface area contributed by atoms with E-state index in [1.807, 2.05) is 0 Å². The van der Waals surface area contributed by atoms with E-state index in [2.05, 4.69) is 12.8 Å². The summed E-state index contributed by atoms with van der Waals surface area (Å²) in [7, 11) is 0. The van der Waals surface area contributed by atoms with Gasteiger partial charge in [-0.15, -0.1) is 12.3 Å². The Labute approximate surface area is 87.9 Å². The van der Waals surface area contributed by atoms with Gasteiger partial charge in [0.15, 0.2) is 0 Å². The molecule has 1 atom stereocenters. The van der Waals surface area contributed by atoms with E-state index in [0.717, 1.165) is 18.8 Å². The predicted molar refractivity (Wildman–Crippen MR) is 59.8 cm³/mol. The van der Waals surface area contributed by atoms with E-state index in [1.54, 1.807) is 0 Å². The van der Waals surface area contributed by atoms with Gasteiger partial charge in [-0.25, -0.2) is 0 Å². The molecule has 0 radical (unpaired) electrons. The molecule has 0 aromatic heterocycles. The average Bonchev–Trinajstić information content (AvgIpc) is 2.26. The third-order valence-electron chi connectivity index (χ3n) is 3.60. The van der Waals surface area contributed by atoms with Crippen LogP contribution in [-0.4, -0.2) is 11.2 Å². The van der Waals surface area contributed by atoms with E-state index < -0.39 is 0 Å². The van der Waals surface area contributed by atoms with Crippen molar-refractivity contribution in [1.82, 2.24) is 0 Å². The predicted octanol–water partition coefficient (Wildman–Crippen LogP) is 2.98. The second-order valence-corrected chi connectivity index (χ2v) is 4.50. The highest BCUT2D eigenvalue weighted by molar-refractivity contribution is 4.86. The highest BCUT2D eigenvalue weighted by atomic mass is 16.3. The first-order valence-electron chi connectivity index (χ1n) is 5.89. The highest BCUT2D eigenvalue weighted by Gasteiger charge is 2.24. The van der Waals surface area contributed by atoms with Crippen LogP contribution in [0.4, 0.5) is 0 Å². The van der Waals surface area contributed by atoms with Crippen LogP contribution >= 0.6 is 0 Å². The third-order valence-corrected chi connectivity index (χ3v) is 3.60. The normalized spacial score (nSPS) is 29.5. The molecule has 1 N–H and O–H groups in total. The molecule has 1 unspecified atom stereocenters. The molecule has 0 aliphatic heterocycles. The molecule has 1 aliphatic rings. The maximum absolute atomic E-state index is 9.87. The van der Waals surface area contributed by atoms with Gasteiger partial charge in [0.1, 0.15) is 0 Å². The minimum atomic E-state index is -0.149. The van der Waals surface area contributed by atoms with E-state index in [0.29, 0.717) is 5.92 Å². The van der Waals surface area contributed by atoms with Gasteiger partial charge in [0, 0.05) is 6.42 Å². The molecule has 1 saturated carbocycles. The first-order chi connectivity index (χ1) is 6.77. The monoisotopic (exact) mass is 194 g/mol. The number of aliphatic hydroxyl groups is 1. The van der Waals surface area contributed by atoms with Crippen LogP contribution in [0.3, 0.4) is 0 Å². The average molecular weight is 194 g/mol.